The van der Waals surface area contributed by atoms with E-state index >= 15 is 0 Å². The molecule has 8 heteroatoms. The maximum atomic E-state index is 11.9. The first kappa shape index (κ1) is 13.1. The molecule has 0 fully saturated rings. The number of aliphatic hydroxyl groups excluding tert-OH is 1. The first-order valence-corrected chi connectivity index (χ1v) is 6.43. The highest BCUT2D eigenvalue weighted by molar-refractivity contribution is 7.18. The maximum Gasteiger partial charge on any atom is 0.271 e. The SMILES string of the molecule is Cc1nc2nc(Cl)nc(C(=O)NCC(C)O)c2s1. The molecule has 0 aliphatic rings. The van der Waals surface area contributed by atoms with Gasteiger partial charge in [-0.05, 0) is 25.4 Å². The smallest absolute Gasteiger partial charge is 0.271 e. The number of rotatable bonds is 3. The minimum atomic E-state index is -0.620. The Labute approximate surface area is 112 Å². The van der Waals surface area contributed by atoms with Crippen LogP contribution in [0.1, 0.15) is 22.4 Å². The number of nitrogens with zero attached hydrogens (tertiary/aromatic N) is 3. The molecule has 2 N–H and O–H groups in total. The summed E-state index contributed by atoms with van der Waals surface area (Å²) in [7, 11) is 0. The second kappa shape index (κ2) is 5.13. The molecule has 18 heavy (non-hydrogen) atoms. The maximum absolute atomic E-state index is 11.9. The molecule has 0 aliphatic carbocycles. The number of aryl methyl sites for hydroxylation is 1. The fourth-order valence-electron chi connectivity index (χ4n) is 1.38. The molecular formula is C10H11ClN4O2S. The summed E-state index contributed by atoms with van der Waals surface area (Å²) in [5, 5.41) is 12.5. The van der Waals surface area contributed by atoms with Gasteiger partial charge in [-0.1, -0.05) is 0 Å². The van der Waals surface area contributed by atoms with Gasteiger partial charge in [0.25, 0.3) is 5.91 Å². The van der Waals surface area contributed by atoms with Gasteiger partial charge in [0.05, 0.1) is 11.1 Å². The molecule has 0 spiro atoms. The molecule has 96 valence electrons. The van der Waals surface area contributed by atoms with E-state index in [0.717, 1.165) is 5.01 Å². The van der Waals surface area contributed by atoms with Crippen molar-refractivity contribution in [3.63, 3.8) is 0 Å². The molecule has 0 bridgehead atoms. The number of carbonyl (C=O) groups is 1. The van der Waals surface area contributed by atoms with E-state index < -0.39 is 12.0 Å². The van der Waals surface area contributed by atoms with Gasteiger partial charge in [-0.25, -0.2) is 9.97 Å². The van der Waals surface area contributed by atoms with E-state index in [1.165, 1.54) is 11.3 Å². The van der Waals surface area contributed by atoms with Crippen LogP contribution in [0.3, 0.4) is 0 Å². The molecule has 0 saturated heterocycles. The van der Waals surface area contributed by atoms with Gasteiger partial charge in [0.15, 0.2) is 11.3 Å². The van der Waals surface area contributed by atoms with Gasteiger partial charge in [0.2, 0.25) is 5.28 Å². The van der Waals surface area contributed by atoms with Gasteiger partial charge in [0, 0.05) is 6.54 Å². The van der Waals surface area contributed by atoms with Gasteiger partial charge >= 0.3 is 0 Å². The van der Waals surface area contributed by atoms with E-state index in [4.69, 9.17) is 16.7 Å². The molecule has 0 aliphatic heterocycles. The number of thiazole rings is 1. The minimum absolute atomic E-state index is 0.0185. The molecule has 1 amide bonds. The molecule has 1 unspecified atom stereocenters. The van der Waals surface area contributed by atoms with Crippen LogP contribution in [0.25, 0.3) is 10.3 Å². The molecule has 2 aromatic rings. The molecule has 1 atom stereocenters. The number of nitrogens with one attached hydrogen (secondary N) is 1. The van der Waals surface area contributed by atoms with Crippen LogP contribution in [0, 0.1) is 6.92 Å². The minimum Gasteiger partial charge on any atom is -0.392 e. The van der Waals surface area contributed by atoms with E-state index in [1.807, 2.05) is 6.92 Å². The van der Waals surface area contributed by atoms with Crippen LogP contribution in [0.15, 0.2) is 0 Å². The number of fused-ring (bicyclic) bond motifs is 1. The lowest BCUT2D eigenvalue weighted by atomic mass is 10.3. The van der Waals surface area contributed by atoms with Gasteiger partial charge in [-0.2, -0.15) is 4.98 Å². The van der Waals surface area contributed by atoms with Crippen molar-refractivity contribution < 1.29 is 9.90 Å². The Balaban J connectivity index is 2.39. The number of carbonyl (C=O) groups excluding carboxylic acids is 1. The van der Waals surface area contributed by atoms with Crippen LogP contribution in [0.2, 0.25) is 5.28 Å². The lowest BCUT2D eigenvalue weighted by Crippen LogP contribution is -2.31. The fraction of sp³-hybridized carbons (Fsp3) is 0.400. The predicted octanol–water partition coefficient (Wildman–Crippen LogP) is 1.16. The Morgan fingerprint density at radius 2 is 2.22 bits per heavy atom. The fourth-order valence-corrected chi connectivity index (χ4v) is 2.39. The molecular weight excluding hydrogens is 276 g/mol. The zero-order chi connectivity index (χ0) is 13.3. The van der Waals surface area contributed by atoms with Crippen LogP contribution < -0.4 is 5.32 Å². The van der Waals surface area contributed by atoms with Crippen molar-refractivity contribution in [2.45, 2.75) is 20.0 Å². The van der Waals surface area contributed by atoms with Crippen LogP contribution in [0.5, 0.6) is 0 Å². The summed E-state index contributed by atoms with van der Waals surface area (Å²) in [6, 6.07) is 0. The Hall–Kier alpha value is -1.31. The summed E-state index contributed by atoms with van der Waals surface area (Å²) < 4.78 is 0.597. The van der Waals surface area contributed by atoms with Gasteiger partial charge in [-0.3, -0.25) is 4.79 Å². The van der Waals surface area contributed by atoms with Crippen molar-refractivity contribution >= 4 is 39.2 Å². The summed E-state index contributed by atoms with van der Waals surface area (Å²) in [5.41, 5.74) is 0.607. The van der Waals surface area contributed by atoms with Gasteiger partial charge in [0.1, 0.15) is 4.70 Å². The first-order valence-electron chi connectivity index (χ1n) is 5.24. The van der Waals surface area contributed by atoms with Crippen molar-refractivity contribution in [3.8, 4) is 0 Å². The van der Waals surface area contributed by atoms with Crippen LogP contribution >= 0.6 is 22.9 Å². The molecule has 6 nitrogen and oxygen atoms in total. The average Bonchev–Trinajstić information content (AvgIpc) is 2.64. The van der Waals surface area contributed by atoms with Gasteiger partial charge < -0.3 is 10.4 Å². The second-order valence-corrected chi connectivity index (χ2v) is 5.33. The first-order chi connectivity index (χ1) is 8.47. The Kier molecular flexibility index (Phi) is 3.74. The number of hydrogen-bond donors (Lipinski definition) is 2. The second-order valence-electron chi connectivity index (χ2n) is 3.79. The molecule has 0 radical (unpaired) electrons. The predicted molar refractivity (Wildman–Crippen MR) is 69.0 cm³/mol. The molecule has 2 rings (SSSR count). The number of amides is 1. The third-order valence-corrected chi connectivity index (χ3v) is 3.24. The molecule has 0 aromatic carbocycles. The van der Waals surface area contributed by atoms with Crippen LogP contribution in [0.4, 0.5) is 0 Å². The quantitative estimate of drug-likeness (QED) is 0.827. The van der Waals surface area contributed by atoms with Gasteiger partial charge in [-0.15, -0.1) is 11.3 Å². The topological polar surface area (TPSA) is 88.0 Å². The third kappa shape index (κ3) is 2.74. The van der Waals surface area contributed by atoms with Crippen molar-refractivity contribution in [2.75, 3.05) is 6.54 Å². The normalized spacial score (nSPS) is 12.7. The highest BCUT2D eigenvalue weighted by Crippen LogP contribution is 2.24. The summed E-state index contributed by atoms with van der Waals surface area (Å²) in [4.78, 5) is 24.0. The molecule has 0 saturated carbocycles. The summed E-state index contributed by atoms with van der Waals surface area (Å²) >= 11 is 7.08. The lowest BCUT2D eigenvalue weighted by molar-refractivity contribution is 0.0921. The van der Waals surface area contributed by atoms with Crippen molar-refractivity contribution in [3.05, 3.63) is 16.0 Å². The van der Waals surface area contributed by atoms with Crippen LogP contribution in [-0.4, -0.2) is 38.6 Å². The van der Waals surface area contributed by atoms with E-state index in [0.29, 0.717) is 10.3 Å². The summed E-state index contributed by atoms with van der Waals surface area (Å²) in [6.45, 7) is 3.55. The number of halogens is 1. The zero-order valence-electron chi connectivity index (χ0n) is 9.77. The van der Waals surface area contributed by atoms with Crippen molar-refractivity contribution in [1.29, 1.82) is 0 Å². The zero-order valence-corrected chi connectivity index (χ0v) is 11.3. The largest absolute Gasteiger partial charge is 0.392 e. The highest BCUT2D eigenvalue weighted by Gasteiger charge is 2.17. The standard InChI is InChI=1S/C10H11ClN4O2S/c1-4(16)3-12-9(17)6-7-8(13-5(2)18-7)15-10(11)14-6/h4,16H,3H2,1-2H3,(H,12,17). The van der Waals surface area contributed by atoms with E-state index in [1.54, 1.807) is 6.92 Å². The average molecular weight is 287 g/mol. The molecule has 2 heterocycles. The Morgan fingerprint density at radius 3 is 2.89 bits per heavy atom. The van der Waals surface area contributed by atoms with Crippen molar-refractivity contribution in [1.82, 2.24) is 20.3 Å². The third-order valence-electron chi connectivity index (χ3n) is 2.11. The monoisotopic (exact) mass is 286 g/mol. The van der Waals surface area contributed by atoms with E-state index in [9.17, 15) is 4.79 Å². The van der Waals surface area contributed by atoms with E-state index in [-0.39, 0.29) is 17.5 Å². The highest BCUT2D eigenvalue weighted by atomic mass is 35.5. The Morgan fingerprint density at radius 1 is 1.50 bits per heavy atom. The summed E-state index contributed by atoms with van der Waals surface area (Å²) in [5.74, 6) is -0.395. The lowest BCUT2D eigenvalue weighted by Gasteiger charge is -2.06. The van der Waals surface area contributed by atoms with E-state index in [2.05, 4.69) is 20.3 Å². The summed E-state index contributed by atoms with van der Waals surface area (Å²) in [6.07, 6.45) is -0.620. The van der Waals surface area contributed by atoms with Crippen LogP contribution in [-0.2, 0) is 0 Å². The molecule has 2 aromatic heterocycles. The number of aliphatic hydroxyl groups is 1. The number of hydrogen-bond acceptors (Lipinski definition) is 6. The number of aromatic nitrogens is 3. The Bertz CT molecular complexity index is 599. The van der Waals surface area contributed by atoms with Crippen molar-refractivity contribution in [2.24, 2.45) is 0 Å².